The molecule has 7 nitrogen and oxygen atoms in total. The Bertz CT molecular complexity index is 923. The van der Waals surface area contributed by atoms with Crippen LogP contribution in [0.5, 0.6) is 0 Å². The first-order chi connectivity index (χ1) is 13.2. The SMILES string of the molecule is Cc1ccc2c(N3CCN(c4ccnc(NCCO)n4)CC3)ccnc2c1. The highest BCUT2D eigenvalue weighted by molar-refractivity contribution is 5.92. The molecule has 7 heteroatoms. The van der Waals surface area contributed by atoms with Crippen LogP contribution in [0.25, 0.3) is 10.9 Å². The minimum atomic E-state index is 0.0612. The largest absolute Gasteiger partial charge is 0.395 e. The van der Waals surface area contributed by atoms with Gasteiger partial charge in [0.15, 0.2) is 0 Å². The number of pyridine rings is 1. The van der Waals surface area contributed by atoms with E-state index in [1.165, 1.54) is 16.6 Å². The Morgan fingerprint density at radius 2 is 1.78 bits per heavy atom. The highest BCUT2D eigenvalue weighted by Gasteiger charge is 2.20. The average molecular weight is 364 g/mol. The fourth-order valence-electron chi connectivity index (χ4n) is 3.47. The van der Waals surface area contributed by atoms with Gasteiger partial charge >= 0.3 is 0 Å². The molecule has 0 unspecified atom stereocenters. The van der Waals surface area contributed by atoms with Crippen LogP contribution in [0.15, 0.2) is 42.7 Å². The van der Waals surface area contributed by atoms with Crippen LogP contribution in [0.4, 0.5) is 17.5 Å². The zero-order valence-electron chi connectivity index (χ0n) is 15.5. The third-order valence-corrected chi connectivity index (χ3v) is 4.86. The van der Waals surface area contributed by atoms with E-state index in [4.69, 9.17) is 5.11 Å². The third-order valence-electron chi connectivity index (χ3n) is 4.86. The molecule has 0 saturated carbocycles. The molecule has 1 aromatic carbocycles. The summed E-state index contributed by atoms with van der Waals surface area (Å²) in [7, 11) is 0. The van der Waals surface area contributed by atoms with E-state index in [1.54, 1.807) is 6.20 Å². The second-order valence-corrected chi connectivity index (χ2v) is 6.71. The molecule has 3 aromatic rings. The van der Waals surface area contributed by atoms with E-state index in [9.17, 15) is 0 Å². The van der Waals surface area contributed by atoms with Crippen LogP contribution < -0.4 is 15.1 Å². The number of aliphatic hydroxyl groups is 1. The Morgan fingerprint density at radius 1 is 1.00 bits per heavy atom. The van der Waals surface area contributed by atoms with E-state index in [0.717, 1.165) is 37.5 Å². The molecule has 140 valence electrons. The van der Waals surface area contributed by atoms with Gasteiger partial charge in [0, 0.05) is 56.2 Å². The first kappa shape index (κ1) is 17.5. The quantitative estimate of drug-likeness (QED) is 0.717. The van der Waals surface area contributed by atoms with Gasteiger partial charge in [-0.25, -0.2) is 4.98 Å². The Kier molecular flexibility index (Phi) is 5.02. The number of aromatic nitrogens is 3. The van der Waals surface area contributed by atoms with Crippen LogP contribution in [0.1, 0.15) is 5.56 Å². The van der Waals surface area contributed by atoms with Crippen LogP contribution in [-0.2, 0) is 0 Å². The lowest BCUT2D eigenvalue weighted by Crippen LogP contribution is -2.47. The molecule has 1 saturated heterocycles. The lowest BCUT2D eigenvalue weighted by Gasteiger charge is -2.37. The molecule has 0 aliphatic carbocycles. The fraction of sp³-hybridized carbons (Fsp3) is 0.350. The van der Waals surface area contributed by atoms with Crippen molar-refractivity contribution in [1.82, 2.24) is 15.0 Å². The average Bonchev–Trinajstić information content (AvgIpc) is 2.72. The van der Waals surface area contributed by atoms with Gasteiger partial charge in [-0.1, -0.05) is 12.1 Å². The molecular weight excluding hydrogens is 340 g/mol. The van der Waals surface area contributed by atoms with Crippen molar-refractivity contribution in [3.8, 4) is 0 Å². The zero-order valence-corrected chi connectivity index (χ0v) is 15.5. The van der Waals surface area contributed by atoms with Gasteiger partial charge in [-0.3, -0.25) is 4.98 Å². The molecule has 1 fully saturated rings. The zero-order chi connectivity index (χ0) is 18.6. The smallest absolute Gasteiger partial charge is 0.224 e. The normalized spacial score (nSPS) is 14.6. The maximum absolute atomic E-state index is 8.93. The van der Waals surface area contributed by atoms with Crippen molar-refractivity contribution in [1.29, 1.82) is 0 Å². The summed E-state index contributed by atoms with van der Waals surface area (Å²) in [4.78, 5) is 18.0. The number of hydrogen-bond donors (Lipinski definition) is 2. The van der Waals surface area contributed by atoms with Crippen molar-refractivity contribution in [2.75, 3.05) is 54.4 Å². The van der Waals surface area contributed by atoms with E-state index in [0.29, 0.717) is 12.5 Å². The lowest BCUT2D eigenvalue weighted by atomic mass is 10.1. The van der Waals surface area contributed by atoms with Crippen molar-refractivity contribution in [3.05, 3.63) is 48.3 Å². The van der Waals surface area contributed by atoms with Crippen molar-refractivity contribution in [2.24, 2.45) is 0 Å². The number of anilines is 3. The summed E-state index contributed by atoms with van der Waals surface area (Å²) in [6.07, 6.45) is 3.65. The number of hydrogen-bond acceptors (Lipinski definition) is 7. The number of piperazine rings is 1. The third kappa shape index (κ3) is 3.78. The molecule has 3 heterocycles. The number of nitrogens with one attached hydrogen (secondary N) is 1. The van der Waals surface area contributed by atoms with Crippen LogP contribution in [0.2, 0.25) is 0 Å². The summed E-state index contributed by atoms with van der Waals surface area (Å²) in [5.74, 6) is 1.47. The number of fused-ring (bicyclic) bond motifs is 1. The first-order valence-corrected chi connectivity index (χ1v) is 9.27. The van der Waals surface area contributed by atoms with Crippen LogP contribution in [0, 0.1) is 6.92 Å². The predicted molar refractivity (Wildman–Crippen MR) is 109 cm³/mol. The van der Waals surface area contributed by atoms with Crippen LogP contribution in [0.3, 0.4) is 0 Å². The summed E-state index contributed by atoms with van der Waals surface area (Å²) in [6, 6.07) is 10.5. The minimum absolute atomic E-state index is 0.0612. The van der Waals surface area contributed by atoms with Crippen molar-refractivity contribution in [2.45, 2.75) is 6.92 Å². The molecule has 0 atom stereocenters. The van der Waals surface area contributed by atoms with Crippen molar-refractivity contribution in [3.63, 3.8) is 0 Å². The monoisotopic (exact) mass is 364 g/mol. The van der Waals surface area contributed by atoms with Gasteiger partial charge < -0.3 is 20.2 Å². The molecule has 4 rings (SSSR count). The molecule has 0 bridgehead atoms. The van der Waals surface area contributed by atoms with Gasteiger partial charge in [-0.15, -0.1) is 0 Å². The topological polar surface area (TPSA) is 77.4 Å². The predicted octanol–water partition coefficient (Wildman–Crippen LogP) is 2.06. The summed E-state index contributed by atoms with van der Waals surface area (Å²) in [5, 5.41) is 13.2. The molecule has 0 spiro atoms. The number of benzene rings is 1. The number of aliphatic hydroxyl groups excluding tert-OH is 1. The Morgan fingerprint density at radius 3 is 2.59 bits per heavy atom. The standard InChI is InChI=1S/C20H24N6O/c1-15-2-3-16-17(14-15)21-6-4-18(16)25-9-11-26(12-10-25)19-5-7-22-20(24-19)23-8-13-27/h2-7,14,27H,8-13H2,1H3,(H,22,23,24). The summed E-state index contributed by atoms with van der Waals surface area (Å²) < 4.78 is 0. The molecular formula is C20H24N6O. The summed E-state index contributed by atoms with van der Waals surface area (Å²) in [5.41, 5.74) is 3.52. The second-order valence-electron chi connectivity index (χ2n) is 6.71. The highest BCUT2D eigenvalue weighted by atomic mass is 16.3. The van der Waals surface area contributed by atoms with E-state index < -0.39 is 0 Å². The van der Waals surface area contributed by atoms with Gasteiger partial charge in [0.05, 0.1) is 12.1 Å². The Hall–Kier alpha value is -2.93. The Labute approximate surface area is 158 Å². The highest BCUT2D eigenvalue weighted by Crippen LogP contribution is 2.27. The van der Waals surface area contributed by atoms with Gasteiger partial charge in [-0.05, 0) is 30.7 Å². The maximum atomic E-state index is 8.93. The molecule has 2 aromatic heterocycles. The number of aryl methyl sites for hydroxylation is 1. The molecule has 27 heavy (non-hydrogen) atoms. The van der Waals surface area contributed by atoms with E-state index in [1.807, 2.05) is 12.3 Å². The van der Waals surface area contributed by atoms with Gasteiger partial charge in [0.2, 0.25) is 5.95 Å². The Balaban J connectivity index is 1.48. The van der Waals surface area contributed by atoms with Crippen LogP contribution >= 0.6 is 0 Å². The van der Waals surface area contributed by atoms with E-state index >= 15 is 0 Å². The van der Waals surface area contributed by atoms with Gasteiger partial charge in [0.25, 0.3) is 0 Å². The summed E-state index contributed by atoms with van der Waals surface area (Å²) >= 11 is 0. The molecule has 0 radical (unpaired) electrons. The summed E-state index contributed by atoms with van der Waals surface area (Å²) in [6.45, 7) is 6.25. The lowest BCUT2D eigenvalue weighted by molar-refractivity contribution is 0.311. The van der Waals surface area contributed by atoms with E-state index in [-0.39, 0.29) is 6.61 Å². The minimum Gasteiger partial charge on any atom is -0.395 e. The molecule has 1 aliphatic heterocycles. The van der Waals surface area contributed by atoms with Crippen molar-refractivity contribution >= 4 is 28.4 Å². The second kappa shape index (κ2) is 7.75. The number of nitrogens with zero attached hydrogens (tertiary/aromatic N) is 5. The maximum Gasteiger partial charge on any atom is 0.224 e. The van der Waals surface area contributed by atoms with E-state index in [2.05, 4.69) is 61.3 Å². The van der Waals surface area contributed by atoms with Gasteiger partial charge in [-0.2, -0.15) is 4.98 Å². The fourth-order valence-corrected chi connectivity index (χ4v) is 3.47. The molecule has 2 N–H and O–H groups in total. The number of rotatable bonds is 5. The van der Waals surface area contributed by atoms with Gasteiger partial charge in [0.1, 0.15) is 5.82 Å². The first-order valence-electron chi connectivity index (χ1n) is 9.27. The van der Waals surface area contributed by atoms with Crippen molar-refractivity contribution < 1.29 is 5.11 Å². The molecule has 1 aliphatic rings. The molecule has 0 amide bonds. The van der Waals surface area contributed by atoms with Crippen LogP contribution in [-0.4, -0.2) is 59.4 Å².